The van der Waals surface area contributed by atoms with E-state index < -0.39 is 0 Å². The van der Waals surface area contributed by atoms with Gasteiger partial charge in [-0.25, -0.2) is 4.79 Å². The summed E-state index contributed by atoms with van der Waals surface area (Å²) in [7, 11) is 0. The van der Waals surface area contributed by atoms with Crippen LogP contribution in [0.5, 0.6) is 0 Å². The summed E-state index contributed by atoms with van der Waals surface area (Å²) in [6, 6.07) is 0.331. The van der Waals surface area contributed by atoms with Crippen molar-refractivity contribution in [3.8, 4) is 0 Å². The molecule has 0 spiro atoms. The fourth-order valence-corrected chi connectivity index (χ4v) is 2.33. The molecular weight excluding hydrogens is 260 g/mol. The lowest BCUT2D eigenvalue weighted by Gasteiger charge is -2.26. The molecule has 1 heterocycles. The average Bonchev–Trinajstić information content (AvgIpc) is 2.87. The number of aromatic nitrogens is 2. The smallest absolute Gasteiger partial charge is 0.323 e. The Labute approximate surface area is 117 Å². The Kier molecular flexibility index (Phi) is 5.37. The number of hydrogen-bond donors (Lipinski definition) is 4. The first-order chi connectivity index (χ1) is 9.65. The predicted molar refractivity (Wildman–Crippen MR) is 74.5 cm³/mol. The molecule has 112 valence electrons. The van der Waals surface area contributed by atoms with E-state index in [0.717, 1.165) is 32.1 Å². The second kappa shape index (κ2) is 7.25. The predicted octanol–water partition coefficient (Wildman–Crippen LogP) is 0.109. The minimum absolute atomic E-state index is 0.247. The third kappa shape index (κ3) is 4.50. The first-order valence-electron chi connectivity index (χ1n) is 7.08. The third-order valence-electron chi connectivity index (χ3n) is 3.52. The molecule has 0 aliphatic heterocycles. The zero-order valence-electron chi connectivity index (χ0n) is 11.5. The van der Waals surface area contributed by atoms with Gasteiger partial charge < -0.3 is 25.8 Å². The van der Waals surface area contributed by atoms with E-state index >= 15 is 0 Å². The Balaban J connectivity index is 1.55. The Bertz CT molecular complexity index is 474. The van der Waals surface area contributed by atoms with Crippen LogP contribution in [-0.4, -0.2) is 41.2 Å². The van der Waals surface area contributed by atoms with Crippen molar-refractivity contribution in [2.45, 2.75) is 44.2 Å². The number of nitrogens with two attached hydrogens (primary N) is 1. The van der Waals surface area contributed by atoms with Crippen LogP contribution in [0.4, 0.5) is 0 Å². The summed E-state index contributed by atoms with van der Waals surface area (Å²) < 4.78 is 5.75. The summed E-state index contributed by atoms with van der Waals surface area (Å²) >= 11 is 0. The van der Waals surface area contributed by atoms with Gasteiger partial charge in [-0.2, -0.15) is 0 Å². The molecular formula is C13H22N4O3. The van der Waals surface area contributed by atoms with E-state index in [4.69, 9.17) is 10.5 Å². The quantitative estimate of drug-likeness (QED) is 0.554. The van der Waals surface area contributed by atoms with Crippen LogP contribution in [0.25, 0.3) is 0 Å². The van der Waals surface area contributed by atoms with Crippen LogP contribution in [0, 0.1) is 0 Å². The van der Waals surface area contributed by atoms with E-state index in [2.05, 4.69) is 15.3 Å². The van der Waals surface area contributed by atoms with E-state index in [0.29, 0.717) is 25.3 Å². The minimum atomic E-state index is -0.381. The SMILES string of the molecule is NC1CCC(OCCCNC(=O)c2c[nH]c(=O)[nH]2)CC1. The summed E-state index contributed by atoms with van der Waals surface area (Å²) in [6.07, 6.45) is 6.54. The summed E-state index contributed by atoms with van der Waals surface area (Å²) in [5.41, 5.74) is 5.70. The molecule has 1 aromatic heterocycles. The van der Waals surface area contributed by atoms with Gasteiger partial charge in [0.2, 0.25) is 0 Å². The number of carbonyl (C=O) groups excluding carboxylic acids is 1. The Morgan fingerprint density at radius 2 is 2.15 bits per heavy atom. The second-order valence-electron chi connectivity index (χ2n) is 5.17. The van der Waals surface area contributed by atoms with Crippen LogP contribution < -0.4 is 16.7 Å². The molecule has 2 rings (SSSR count). The molecule has 20 heavy (non-hydrogen) atoms. The minimum Gasteiger partial charge on any atom is -0.378 e. The molecule has 0 aromatic carbocycles. The van der Waals surface area contributed by atoms with Crippen molar-refractivity contribution in [3.05, 3.63) is 22.4 Å². The average molecular weight is 282 g/mol. The first kappa shape index (κ1) is 14.8. The van der Waals surface area contributed by atoms with Crippen molar-refractivity contribution in [2.75, 3.05) is 13.2 Å². The highest BCUT2D eigenvalue weighted by molar-refractivity contribution is 5.91. The molecule has 7 heteroatoms. The van der Waals surface area contributed by atoms with Gasteiger partial charge in [-0.3, -0.25) is 4.79 Å². The van der Waals surface area contributed by atoms with Crippen LogP contribution in [0.2, 0.25) is 0 Å². The normalized spacial score (nSPS) is 22.6. The zero-order valence-corrected chi connectivity index (χ0v) is 11.5. The standard InChI is InChI=1S/C13H22N4O3/c14-9-2-4-10(5-3-9)20-7-1-6-15-12(18)11-8-16-13(19)17-11/h8-10H,1-7,14H2,(H,15,18)(H2,16,17,19). The maximum atomic E-state index is 11.6. The summed E-state index contributed by atoms with van der Waals surface area (Å²) in [5.74, 6) is -0.285. The van der Waals surface area contributed by atoms with Gasteiger partial charge in [0.15, 0.2) is 0 Å². The maximum absolute atomic E-state index is 11.6. The molecule has 7 nitrogen and oxygen atoms in total. The van der Waals surface area contributed by atoms with Gasteiger partial charge in [0, 0.05) is 25.4 Å². The fourth-order valence-electron chi connectivity index (χ4n) is 2.33. The van der Waals surface area contributed by atoms with Crippen LogP contribution in [0.3, 0.4) is 0 Å². The molecule has 0 unspecified atom stereocenters. The van der Waals surface area contributed by atoms with Crippen molar-refractivity contribution in [2.24, 2.45) is 5.73 Å². The summed E-state index contributed by atoms with van der Waals surface area (Å²) in [4.78, 5) is 27.2. The molecule has 5 N–H and O–H groups in total. The van der Waals surface area contributed by atoms with Crippen LogP contribution in [-0.2, 0) is 4.74 Å². The lowest BCUT2D eigenvalue weighted by molar-refractivity contribution is 0.0241. The Morgan fingerprint density at radius 3 is 2.80 bits per heavy atom. The van der Waals surface area contributed by atoms with E-state index in [9.17, 15) is 9.59 Å². The summed E-state index contributed by atoms with van der Waals surface area (Å²) in [5, 5.41) is 2.73. The molecule has 1 amide bonds. The first-order valence-corrected chi connectivity index (χ1v) is 7.08. The van der Waals surface area contributed by atoms with E-state index in [1.807, 2.05) is 0 Å². The van der Waals surface area contributed by atoms with Crippen LogP contribution >= 0.6 is 0 Å². The number of hydrogen-bond acceptors (Lipinski definition) is 4. The number of H-pyrrole nitrogens is 2. The number of rotatable bonds is 6. The Morgan fingerprint density at radius 1 is 1.40 bits per heavy atom. The molecule has 0 saturated heterocycles. The highest BCUT2D eigenvalue weighted by Crippen LogP contribution is 2.19. The van der Waals surface area contributed by atoms with E-state index in [1.54, 1.807) is 0 Å². The zero-order chi connectivity index (χ0) is 14.4. The van der Waals surface area contributed by atoms with Gasteiger partial charge in [0.1, 0.15) is 5.69 Å². The maximum Gasteiger partial charge on any atom is 0.323 e. The summed E-state index contributed by atoms with van der Waals surface area (Å²) in [6.45, 7) is 1.15. The monoisotopic (exact) mass is 282 g/mol. The number of nitrogens with one attached hydrogen (secondary N) is 3. The van der Waals surface area contributed by atoms with Crippen molar-refractivity contribution in [1.82, 2.24) is 15.3 Å². The number of ether oxygens (including phenoxy) is 1. The van der Waals surface area contributed by atoms with Crippen molar-refractivity contribution in [3.63, 3.8) is 0 Å². The van der Waals surface area contributed by atoms with Crippen molar-refractivity contribution >= 4 is 5.91 Å². The third-order valence-corrected chi connectivity index (χ3v) is 3.52. The van der Waals surface area contributed by atoms with Gasteiger partial charge in [-0.15, -0.1) is 0 Å². The van der Waals surface area contributed by atoms with E-state index in [1.165, 1.54) is 6.20 Å². The molecule has 1 aliphatic carbocycles. The van der Waals surface area contributed by atoms with Gasteiger partial charge in [-0.1, -0.05) is 0 Å². The molecule has 1 fully saturated rings. The lowest BCUT2D eigenvalue weighted by atomic mass is 9.94. The number of aromatic amines is 2. The Hall–Kier alpha value is -1.60. The molecule has 0 radical (unpaired) electrons. The fraction of sp³-hybridized carbons (Fsp3) is 0.692. The largest absolute Gasteiger partial charge is 0.378 e. The number of amides is 1. The van der Waals surface area contributed by atoms with Crippen LogP contribution in [0.1, 0.15) is 42.6 Å². The van der Waals surface area contributed by atoms with Gasteiger partial charge in [0.25, 0.3) is 5.91 Å². The highest BCUT2D eigenvalue weighted by atomic mass is 16.5. The van der Waals surface area contributed by atoms with Gasteiger partial charge in [-0.05, 0) is 32.1 Å². The second-order valence-corrected chi connectivity index (χ2v) is 5.17. The van der Waals surface area contributed by atoms with Gasteiger partial charge in [0.05, 0.1) is 6.10 Å². The number of imidazole rings is 1. The molecule has 1 saturated carbocycles. The number of carbonyl (C=O) groups is 1. The van der Waals surface area contributed by atoms with Crippen molar-refractivity contribution < 1.29 is 9.53 Å². The van der Waals surface area contributed by atoms with Crippen molar-refractivity contribution in [1.29, 1.82) is 0 Å². The van der Waals surface area contributed by atoms with Gasteiger partial charge >= 0.3 is 5.69 Å². The molecule has 1 aliphatic rings. The highest BCUT2D eigenvalue weighted by Gasteiger charge is 2.18. The van der Waals surface area contributed by atoms with Crippen LogP contribution in [0.15, 0.2) is 11.0 Å². The molecule has 0 bridgehead atoms. The molecule has 0 atom stereocenters. The molecule has 1 aromatic rings. The topological polar surface area (TPSA) is 113 Å². The lowest BCUT2D eigenvalue weighted by Crippen LogP contribution is -2.31. The van der Waals surface area contributed by atoms with E-state index in [-0.39, 0.29) is 17.3 Å².